The molecule has 1 amide bonds. The molecule has 5 rings (SSSR count). The predicted octanol–water partition coefficient (Wildman–Crippen LogP) is 2.38. The molecule has 2 aromatic heterocycles. The summed E-state index contributed by atoms with van der Waals surface area (Å²) in [6.45, 7) is 3.16. The Morgan fingerprint density at radius 3 is 2.66 bits per heavy atom. The Hall–Kier alpha value is -3.33. The summed E-state index contributed by atoms with van der Waals surface area (Å²) >= 11 is 0. The van der Waals surface area contributed by atoms with Gasteiger partial charge >= 0.3 is 0 Å². The lowest BCUT2D eigenvalue weighted by Gasteiger charge is -2.31. The summed E-state index contributed by atoms with van der Waals surface area (Å²) in [6, 6.07) is 5.94. The molecule has 1 saturated carbocycles. The van der Waals surface area contributed by atoms with Crippen LogP contribution in [-0.4, -0.2) is 64.3 Å². The fraction of sp³-hybridized carbons (Fsp3) is 0.435. The first-order valence-electron chi connectivity index (χ1n) is 11.1. The number of carbonyl (C=O) groups is 1. The smallest absolute Gasteiger partial charge is 0.270 e. The number of benzene rings is 1. The van der Waals surface area contributed by atoms with Crippen LogP contribution in [-0.2, 0) is 4.74 Å². The normalized spacial score (nSPS) is 21.3. The molecule has 0 atom stereocenters. The Labute approximate surface area is 186 Å². The number of nitrogens with zero attached hydrogens (tertiary/aromatic N) is 5. The van der Waals surface area contributed by atoms with E-state index in [9.17, 15) is 4.79 Å². The molecule has 1 aromatic carbocycles. The van der Waals surface area contributed by atoms with Gasteiger partial charge in [-0.05, 0) is 37.8 Å². The van der Waals surface area contributed by atoms with Crippen molar-refractivity contribution in [2.45, 2.75) is 37.8 Å². The molecule has 9 heteroatoms. The number of fused-ring (bicyclic) bond motifs is 1. The second-order valence-electron chi connectivity index (χ2n) is 8.16. The number of anilines is 1. The molecule has 2 fully saturated rings. The first-order valence-corrected chi connectivity index (χ1v) is 11.1. The van der Waals surface area contributed by atoms with Crippen molar-refractivity contribution in [2.24, 2.45) is 0 Å². The van der Waals surface area contributed by atoms with Gasteiger partial charge in [-0.3, -0.25) is 4.79 Å². The zero-order chi connectivity index (χ0) is 21.8. The number of aromatic nitrogens is 4. The van der Waals surface area contributed by atoms with Gasteiger partial charge < -0.3 is 19.7 Å². The van der Waals surface area contributed by atoms with Gasteiger partial charge in [0.1, 0.15) is 24.1 Å². The summed E-state index contributed by atoms with van der Waals surface area (Å²) in [6.07, 6.45) is 9.89. The quantitative estimate of drug-likeness (QED) is 0.653. The third-order valence-electron chi connectivity index (χ3n) is 6.07. The van der Waals surface area contributed by atoms with Gasteiger partial charge in [0.2, 0.25) is 0 Å². The lowest BCUT2D eigenvalue weighted by atomic mass is 9.92. The van der Waals surface area contributed by atoms with E-state index in [4.69, 9.17) is 9.47 Å². The Kier molecular flexibility index (Phi) is 6.06. The van der Waals surface area contributed by atoms with Crippen LogP contribution in [0.1, 0.15) is 36.2 Å². The van der Waals surface area contributed by atoms with E-state index in [-0.39, 0.29) is 18.1 Å². The van der Waals surface area contributed by atoms with Crippen LogP contribution in [0.4, 0.5) is 5.69 Å². The molecular formula is C23H26N6O3. The molecule has 1 N–H and O–H groups in total. The van der Waals surface area contributed by atoms with Gasteiger partial charge in [0.15, 0.2) is 0 Å². The molecule has 32 heavy (non-hydrogen) atoms. The van der Waals surface area contributed by atoms with E-state index in [1.54, 1.807) is 18.6 Å². The van der Waals surface area contributed by atoms with Crippen molar-refractivity contribution in [2.75, 3.05) is 31.2 Å². The van der Waals surface area contributed by atoms with Crippen LogP contribution < -0.4 is 15.0 Å². The maximum Gasteiger partial charge on any atom is 0.270 e. The second-order valence-corrected chi connectivity index (χ2v) is 8.16. The van der Waals surface area contributed by atoms with Crippen molar-refractivity contribution in [3.63, 3.8) is 0 Å². The van der Waals surface area contributed by atoms with Crippen molar-refractivity contribution in [3.8, 4) is 5.75 Å². The number of morpholine rings is 1. The molecule has 0 radical (unpaired) electrons. The fourth-order valence-corrected chi connectivity index (χ4v) is 4.33. The molecule has 3 aromatic rings. The summed E-state index contributed by atoms with van der Waals surface area (Å²) in [7, 11) is 0. The van der Waals surface area contributed by atoms with E-state index in [1.807, 2.05) is 6.20 Å². The minimum absolute atomic E-state index is 0.0885. The highest BCUT2D eigenvalue weighted by Crippen LogP contribution is 2.33. The lowest BCUT2D eigenvalue weighted by molar-refractivity contribution is 0.0890. The molecule has 2 aliphatic rings. The summed E-state index contributed by atoms with van der Waals surface area (Å²) in [5.74, 6) is 0.663. The molecule has 9 nitrogen and oxygen atoms in total. The van der Waals surface area contributed by atoms with Crippen LogP contribution in [0.3, 0.4) is 0 Å². The Morgan fingerprint density at radius 1 is 1.06 bits per heavy atom. The molecule has 1 aliphatic heterocycles. The fourth-order valence-electron chi connectivity index (χ4n) is 4.33. The summed E-state index contributed by atoms with van der Waals surface area (Å²) in [5.41, 5.74) is 2.37. The van der Waals surface area contributed by atoms with Crippen LogP contribution in [0, 0.1) is 0 Å². The Bertz CT molecular complexity index is 1070. The van der Waals surface area contributed by atoms with Crippen molar-refractivity contribution in [1.29, 1.82) is 0 Å². The zero-order valence-electron chi connectivity index (χ0n) is 17.8. The van der Waals surface area contributed by atoms with Crippen molar-refractivity contribution >= 4 is 22.5 Å². The molecule has 0 bridgehead atoms. The lowest BCUT2D eigenvalue weighted by Crippen LogP contribution is -2.40. The molecule has 0 spiro atoms. The third kappa shape index (κ3) is 4.62. The number of nitrogens with one attached hydrogen (secondary N) is 1. The van der Waals surface area contributed by atoms with Gasteiger partial charge in [-0.25, -0.2) is 19.9 Å². The highest BCUT2D eigenvalue weighted by Gasteiger charge is 2.25. The summed E-state index contributed by atoms with van der Waals surface area (Å²) in [5, 5.41) is 4.00. The standard InChI is InChI=1S/C23H26N6O3/c30-23(20-5-6-24-14-26-20)28-16-1-3-18(4-2-16)32-22-12-17(29-7-9-31-10-8-29)11-21-19(22)13-25-15-27-21/h5-6,11-16,18H,1-4,7-10H2,(H,28,30)/t16-,18+. The van der Waals surface area contributed by atoms with Crippen LogP contribution in [0.2, 0.25) is 0 Å². The molecule has 166 valence electrons. The molecule has 1 saturated heterocycles. The average Bonchev–Trinajstić information content (AvgIpc) is 2.86. The number of carbonyl (C=O) groups excluding carboxylic acids is 1. The number of hydrogen-bond donors (Lipinski definition) is 1. The van der Waals surface area contributed by atoms with E-state index in [0.29, 0.717) is 5.69 Å². The van der Waals surface area contributed by atoms with E-state index >= 15 is 0 Å². The van der Waals surface area contributed by atoms with E-state index in [0.717, 1.165) is 74.3 Å². The van der Waals surface area contributed by atoms with Gasteiger partial charge in [0.25, 0.3) is 5.91 Å². The highest BCUT2D eigenvalue weighted by molar-refractivity contribution is 5.92. The molecule has 1 aliphatic carbocycles. The molecule has 3 heterocycles. The number of rotatable bonds is 5. The first kappa shape index (κ1) is 20.6. The van der Waals surface area contributed by atoms with Gasteiger partial charge in [0, 0.05) is 43.3 Å². The third-order valence-corrected chi connectivity index (χ3v) is 6.07. The zero-order valence-corrected chi connectivity index (χ0v) is 17.8. The van der Waals surface area contributed by atoms with Gasteiger partial charge in [-0.1, -0.05) is 0 Å². The Morgan fingerprint density at radius 2 is 1.88 bits per heavy atom. The van der Waals surface area contributed by atoms with E-state index < -0.39 is 0 Å². The largest absolute Gasteiger partial charge is 0.490 e. The topological polar surface area (TPSA) is 102 Å². The van der Waals surface area contributed by atoms with Crippen molar-refractivity contribution < 1.29 is 14.3 Å². The minimum Gasteiger partial charge on any atom is -0.490 e. The predicted molar refractivity (Wildman–Crippen MR) is 119 cm³/mol. The monoisotopic (exact) mass is 434 g/mol. The van der Waals surface area contributed by atoms with Gasteiger partial charge in [-0.2, -0.15) is 0 Å². The summed E-state index contributed by atoms with van der Waals surface area (Å²) < 4.78 is 12.0. The molecular weight excluding hydrogens is 408 g/mol. The van der Waals surface area contributed by atoms with Crippen molar-refractivity contribution in [3.05, 3.63) is 48.9 Å². The van der Waals surface area contributed by atoms with Crippen LogP contribution >= 0.6 is 0 Å². The molecule has 0 unspecified atom stereocenters. The maximum atomic E-state index is 12.4. The van der Waals surface area contributed by atoms with E-state index in [2.05, 4.69) is 42.3 Å². The average molecular weight is 435 g/mol. The Balaban J connectivity index is 1.25. The van der Waals surface area contributed by atoms with Crippen LogP contribution in [0.25, 0.3) is 10.9 Å². The number of hydrogen-bond acceptors (Lipinski definition) is 8. The van der Waals surface area contributed by atoms with Crippen LogP contribution in [0.15, 0.2) is 43.2 Å². The SMILES string of the molecule is O=C(N[C@H]1CC[C@@H](Oc2cc(N3CCOCC3)cc3ncncc23)CC1)c1ccncn1. The first-order chi connectivity index (χ1) is 15.8. The number of ether oxygens (including phenoxy) is 2. The van der Waals surface area contributed by atoms with E-state index in [1.165, 1.54) is 6.33 Å². The maximum absolute atomic E-state index is 12.4. The number of amides is 1. The summed E-state index contributed by atoms with van der Waals surface area (Å²) in [4.78, 5) is 31.2. The van der Waals surface area contributed by atoms with Crippen LogP contribution in [0.5, 0.6) is 5.75 Å². The van der Waals surface area contributed by atoms with Gasteiger partial charge in [0.05, 0.1) is 30.2 Å². The van der Waals surface area contributed by atoms with Crippen molar-refractivity contribution in [1.82, 2.24) is 25.3 Å². The highest BCUT2D eigenvalue weighted by atomic mass is 16.5. The minimum atomic E-state index is -0.155. The van der Waals surface area contributed by atoms with Gasteiger partial charge in [-0.15, -0.1) is 0 Å². The second kappa shape index (κ2) is 9.44.